The fraction of sp³-hybridized carbons (Fsp3) is 0.267. The summed E-state index contributed by atoms with van der Waals surface area (Å²) in [6.45, 7) is 2.44. The number of aliphatic hydroxyl groups is 1. The highest BCUT2D eigenvalue weighted by molar-refractivity contribution is 6.31. The van der Waals surface area contributed by atoms with Gasteiger partial charge in [0.1, 0.15) is 5.69 Å². The molecule has 0 radical (unpaired) electrons. The second-order valence-corrected chi connectivity index (χ2v) is 4.89. The van der Waals surface area contributed by atoms with Gasteiger partial charge in [0.05, 0.1) is 17.7 Å². The minimum absolute atomic E-state index is 0.156. The number of carbonyl (C=O) groups is 1. The highest BCUT2D eigenvalue weighted by Gasteiger charge is 2.17. The highest BCUT2D eigenvalue weighted by atomic mass is 35.5. The van der Waals surface area contributed by atoms with Crippen LogP contribution in [0.1, 0.15) is 29.0 Å². The van der Waals surface area contributed by atoms with E-state index in [1.54, 1.807) is 16.8 Å². The third kappa shape index (κ3) is 3.21. The molecule has 0 aliphatic carbocycles. The normalized spacial score (nSPS) is 12.2. The third-order valence-electron chi connectivity index (χ3n) is 3.13. The largest absolute Gasteiger partial charge is 0.394 e. The van der Waals surface area contributed by atoms with Crippen LogP contribution >= 0.6 is 11.6 Å². The average molecular weight is 293 g/mol. The number of aromatic nitrogens is 1. The predicted molar refractivity (Wildman–Crippen MR) is 78.9 cm³/mol. The standard InChI is InChI=1S/C15H17ClN2O2/c1-2-18-9-12(16)8-14(18)15(20)17-13(10-19)11-6-4-3-5-7-11/h3-9,13,19H,2,10H2,1H3,(H,17,20)/t13-/m1/s1. The van der Waals surface area contributed by atoms with E-state index in [0.717, 1.165) is 5.56 Å². The second kappa shape index (κ2) is 6.59. The molecular weight excluding hydrogens is 276 g/mol. The van der Waals surface area contributed by atoms with E-state index in [4.69, 9.17) is 11.6 Å². The number of aliphatic hydroxyl groups excluding tert-OH is 1. The highest BCUT2D eigenvalue weighted by Crippen LogP contribution is 2.17. The van der Waals surface area contributed by atoms with Crippen LogP contribution in [0.15, 0.2) is 42.6 Å². The van der Waals surface area contributed by atoms with E-state index in [0.29, 0.717) is 17.3 Å². The van der Waals surface area contributed by atoms with Crippen molar-refractivity contribution in [3.63, 3.8) is 0 Å². The molecule has 0 unspecified atom stereocenters. The Labute approximate surface area is 123 Å². The number of nitrogens with one attached hydrogen (secondary N) is 1. The number of nitrogens with zero attached hydrogens (tertiary/aromatic N) is 1. The van der Waals surface area contributed by atoms with E-state index < -0.39 is 6.04 Å². The summed E-state index contributed by atoms with van der Waals surface area (Å²) in [4.78, 5) is 12.3. The van der Waals surface area contributed by atoms with Gasteiger partial charge in [0.25, 0.3) is 5.91 Å². The maximum Gasteiger partial charge on any atom is 0.268 e. The van der Waals surface area contributed by atoms with E-state index in [1.165, 1.54) is 0 Å². The van der Waals surface area contributed by atoms with Crippen LogP contribution in [0.3, 0.4) is 0 Å². The zero-order valence-corrected chi connectivity index (χ0v) is 12.0. The molecule has 0 spiro atoms. The predicted octanol–water partition coefficient (Wildman–Crippen LogP) is 2.62. The van der Waals surface area contributed by atoms with Gasteiger partial charge in [-0.15, -0.1) is 0 Å². The molecule has 0 saturated carbocycles. The van der Waals surface area contributed by atoms with Gasteiger partial charge in [-0.05, 0) is 18.6 Å². The Morgan fingerprint density at radius 2 is 2.10 bits per heavy atom. The number of rotatable bonds is 5. The summed E-state index contributed by atoms with van der Waals surface area (Å²) in [6, 6.07) is 10.6. The Hall–Kier alpha value is -1.78. The van der Waals surface area contributed by atoms with Crippen LogP contribution in [0, 0.1) is 0 Å². The van der Waals surface area contributed by atoms with Crippen LogP contribution in [-0.2, 0) is 6.54 Å². The van der Waals surface area contributed by atoms with Gasteiger partial charge >= 0.3 is 0 Å². The van der Waals surface area contributed by atoms with Crippen LogP contribution in [0.4, 0.5) is 0 Å². The van der Waals surface area contributed by atoms with Crippen molar-refractivity contribution in [1.29, 1.82) is 0 Å². The summed E-state index contributed by atoms with van der Waals surface area (Å²) >= 11 is 5.93. The molecule has 0 aliphatic rings. The lowest BCUT2D eigenvalue weighted by atomic mass is 10.1. The number of hydrogen-bond acceptors (Lipinski definition) is 2. The zero-order valence-electron chi connectivity index (χ0n) is 11.2. The molecule has 0 fully saturated rings. The lowest BCUT2D eigenvalue weighted by Crippen LogP contribution is -2.32. The van der Waals surface area contributed by atoms with Gasteiger partial charge in [-0.3, -0.25) is 4.79 Å². The first-order valence-corrected chi connectivity index (χ1v) is 6.85. The Morgan fingerprint density at radius 3 is 2.70 bits per heavy atom. The van der Waals surface area contributed by atoms with Crippen molar-refractivity contribution in [2.45, 2.75) is 19.5 Å². The van der Waals surface area contributed by atoms with Crippen molar-refractivity contribution in [3.8, 4) is 0 Å². The van der Waals surface area contributed by atoms with E-state index in [9.17, 15) is 9.90 Å². The van der Waals surface area contributed by atoms with Gasteiger partial charge in [-0.1, -0.05) is 41.9 Å². The van der Waals surface area contributed by atoms with Gasteiger partial charge in [-0.2, -0.15) is 0 Å². The summed E-state index contributed by atoms with van der Waals surface area (Å²) in [5, 5.41) is 12.8. The molecule has 0 bridgehead atoms. The Bertz CT molecular complexity index is 581. The molecule has 1 amide bonds. The molecule has 0 saturated heterocycles. The molecule has 4 nitrogen and oxygen atoms in total. The third-order valence-corrected chi connectivity index (χ3v) is 3.33. The monoisotopic (exact) mass is 292 g/mol. The van der Waals surface area contributed by atoms with Crippen LogP contribution in [0.2, 0.25) is 5.02 Å². The molecule has 20 heavy (non-hydrogen) atoms. The summed E-state index contributed by atoms with van der Waals surface area (Å²) in [5.74, 6) is -0.248. The van der Waals surface area contributed by atoms with E-state index in [-0.39, 0.29) is 12.5 Å². The Morgan fingerprint density at radius 1 is 1.40 bits per heavy atom. The SMILES string of the molecule is CCn1cc(Cl)cc1C(=O)N[C@H](CO)c1ccccc1. The lowest BCUT2D eigenvalue weighted by molar-refractivity contribution is 0.0907. The van der Waals surface area contributed by atoms with Gasteiger partial charge in [0, 0.05) is 12.7 Å². The van der Waals surface area contributed by atoms with Crippen LogP contribution in [-0.4, -0.2) is 22.2 Å². The summed E-state index contributed by atoms with van der Waals surface area (Å²) in [7, 11) is 0. The van der Waals surface area contributed by atoms with Gasteiger partial charge in [0.15, 0.2) is 0 Å². The maximum absolute atomic E-state index is 12.3. The number of hydrogen-bond donors (Lipinski definition) is 2. The first kappa shape index (κ1) is 14.6. The number of carbonyl (C=O) groups excluding carboxylic acids is 1. The van der Waals surface area contributed by atoms with Crippen molar-refractivity contribution < 1.29 is 9.90 Å². The number of amides is 1. The van der Waals surface area contributed by atoms with E-state index >= 15 is 0 Å². The summed E-state index contributed by atoms with van der Waals surface area (Å²) in [6.07, 6.45) is 1.72. The first-order valence-electron chi connectivity index (χ1n) is 6.48. The topological polar surface area (TPSA) is 54.3 Å². The second-order valence-electron chi connectivity index (χ2n) is 4.45. The molecular formula is C15H17ClN2O2. The Balaban J connectivity index is 2.17. The van der Waals surface area contributed by atoms with Crippen LogP contribution in [0.5, 0.6) is 0 Å². The van der Waals surface area contributed by atoms with Crippen molar-refractivity contribution >= 4 is 17.5 Å². The zero-order chi connectivity index (χ0) is 14.5. The van der Waals surface area contributed by atoms with Gasteiger partial charge < -0.3 is 15.0 Å². The molecule has 2 rings (SSSR count). The fourth-order valence-corrected chi connectivity index (χ4v) is 2.30. The number of halogens is 1. The van der Waals surface area contributed by atoms with Crippen molar-refractivity contribution in [2.75, 3.05) is 6.61 Å². The molecule has 1 aromatic heterocycles. The smallest absolute Gasteiger partial charge is 0.268 e. The molecule has 2 aromatic rings. The van der Waals surface area contributed by atoms with E-state index in [1.807, 2.05) is 37.3 Å². The minimum Gasteiger partial charge on any atom is -0.394 e. The van der Waals surface area contributed by atoms with Crippen LogP contribution in [0.25, 0.3) is 0 Å². The quantitative estimate of drug-likeness (QED) is 0.890. The van der Waals surface area contributed by atoms with Crippen LogP contribution < -0.4 is 5.32 Å². The number of benzene rings is 1. The first-order chi connectivity index (χ1) is 9.65. The number of aryl methyl sites for hydroxylation is 1. The van der Waals surface area contributed by atoms with Crippen molar-refractivity contribution in [1.82, 2.24) is 9.88 Å². The van der Waals surface area contributed by atoms with Crippen molar-refractivity contribution in [2.24, 2.45) is 0 Å². The average Bonchev–Trinajstić information content (AvgIpc) is 2.86. The Kier molecular flexibility index (Phi) is 4.82. The summed E-state index contributed by atoms with van der Waals surface area (Å²) in [5.41, 5.74) is 1.36. The van der Waals surface area contributed by atoms with Crippen molar-refractivity contribution in [3.05, 3.63) is 58.9 Å². The molecule has 0 aliphatic heterocycles. The molecule has 5 heteroatoms. The van der Waals surface area contributed by atoms with Gasteiger partial charge in [-0.25, -0.2) is 0 Å². The maximum atomic E-state index is 12.3. The molecule has 106 valence electrons. The molecule has 1 heterocycles. The molecule has 2 N–H and O–H groups in total. The summed E-state index contributed by atoms with van der Waals surface area (Å²) < 4.78 is 1.77. The minimum atomic E-state index is -0.428. The fourth-order valence-electron chi connectivity index (χ4n) is 2.08. The van der Waals surface area contributed by atoms with E-state index in [2.05, 4.69) is 5.32 Å². The molecule has 1 aromatic carbocycles. The molecule has 1 atom stereocenters. The van der Waals surface area contributed by atoms with Gasteiger partial charge in [0.2, 0.25) is 0 Å². The lowest BCUT2D eigenvalue weighted by Gasteiger charge is -2.17.